The Morgan fingerprint density at radius 3 is 2.58 bits per heavy atom. The third-order valence-corrected chi connectivity index (χ3v) is 3.87. The number of piperidine rings is 1. The minimum atomic E-state index is -3.04. The van der Waals surface area contributed by atoms with Crippen molar-refractivity contribution in [3.05, 3.63) is 0 Å². The number of sulfonamides is 1. The largest absolute Gasteiger partial charge is 0.212 e. The fourth-order valence-corrected chi connectivity index (χ4v) is 3.15. The number of halogens is 1. The maximum absolute atomic E-state index is 11.2. The molecule has 5 heteroatoms. The van der Waals surface area contributed by atoms with Crippen LogP contribution < -0.4 is 0 Å². The molecule has 1 rings (SSSR count). The van der Waals surface area contributed by atoms with Crippen LogP contribution in [0.15, 0.2) is 0 Å². The molecule has 0 radical (unpaired) electrons. The second-order valence-electron chi connectivity index (χ2n) is 3.18. The Morgan fingerprint density at radius 1 is 1.50 bits per heavy atom. The molecule has 0 saturated carbocycles. The van der Waals surface area contributed by atoms with Gasteiger partial charge < -0.3 is 0 Å². The van der Waals surface area contributed by atoms with Gasteiger partial charge in [-0.05, 0) is 12.8 Å². The van der Waals surface area contributed by atoms with Gasteiger partial charge in [-0.3, -0.25) is 0 Å². The Bertz CT molecular complexity index is 240. The van der Waals surface area contributed by atoms with Gasteiger partial charge >= 0.3 is 0 Å². The molecule has 0 aromatic rings. The summed E-state index contributed by atoms with van der Waals surface area (Å²) in [5, 5.41) is 0. The van der Waals surface area contributed by atoms with E-state index in [4.69, 9.17) is 11.6 Å². The molecule has 1 saturated heterocycles. The van der Waals surface area contributed by atoms with Crippen molar-refractivity contribution in [3.8, 4) is 0 Å². The average molecular weight is 212 g/mol. The topological polar surface area (TPSA) is 37.4 Å². The molecule has 12 heavy (non-hydrogen) atoms. The zero-order valence-electron chi connectivity index (χ0n) is 7.16. The van der Waals surface area contributed by atoms with E-state index < -0.39 is 10.0 Å². The maximum Gasteiger partial charge on any atom is 0.211 e. The van der Waals surface area contributed by atoms with Gasteiger partial charge in [0.05, 0.1) is 6.26 Å². The first-order chi connectivity index (χ1) is 5.55. The minimum absolute atomic E-state index is 0.0235. The molecule has 0 amide bonds. The van der Waals surface area contributed by atoms with Gasteiger partial charge in [0.15, 0.2) is 0 Å². The molecule has 1 aliphatic rings. The van der Waals surface area contributed by atoms with Crippen LogP contribution in [0.1, 0.15) is 19.3 Å². The van der Waals surface area contributed by atoms with Crippen molar-refractivity contribution < 1.29 is 8.42 Å². The van der Waals surface area contributed by atoms with Crippen LogP contribution in [0.25, 0.3) is 0 Å². The maximum atomic E-state index is 11.2. The summed E-state index contributed by atoms with van der Waals surface area (Å²) in [6, 6.07) is 0.0235. The Balaban J connectivity index is 2.72. The zero-order chi connectivity index (χ0) is 9.19. The molecule has 1 heterocycles. The Labute approximate surface area is 78.7 Å². The highest BCUT2D eigenvalue weighted by Crippen LogP contribution is 2.20. The molecule has 0 spiro atoms. The van der Waals surface area contributed by atoms with Gasteiger partial charge in [-0.1, -0.05) is 6.42 Å². The van der Waals surface area contributed by atoms with Crippen LogP contribution in [-0.2, 0) is 10.0 Å². The second kappa shape index (κ2) is 3.94. The summed E-state index contributed by atoms with van der Waals surface area (Å²) in [4.78, 5) is 0. The van der Waals surface area contributed by atoms with Crippen molar-refractivity contribution in [2.24, 2.45) is 0 Å². The van der Waals surface area contributed by atoms with Crippen molar-refractivity contribution in [3.63, 3.8) is 0 Å². The van der Waals surface area contributed by atoms with E-state index in [1.165, 1.54) is 10.6 Å². The molecule has 0 aromatic carbocycles. The highest BCUT2D eigenvalue weighted by Gasteiger charge is 2.28. The Kier molecular flexibility index (Phi) is 3.37. The zero-order valence-corrected chi connectivity index (χ0v) is 8.74. The van der Waals surface area contributed by atoms with E-state index in [2.05, 4.69) is 0 Å². The lowest BCUT2D eigenvalue weighted by molar-refractivity contribution is 0.273. The first-order valence-electron chi connectivity index (χ1n) is 4.08. The number of nitrogens with zero attached hydrogens (tertiary/aromatic N) is 1. The monoisotopic (exact) mass is 211 g/mol. The van der Waals surface area contributed by atoms with Crippen LogP contribution in [0.3, 0.4) is 0 Å². The van der Waals surface area contributed by atoms with Crippen molar-refractivity contribution in [2.45, 2.75) is 25.3 Å². The standard InChI is InChI=1S/C7H14ClNO2S/c1-12(10,11)9-5-3-2-4-7(9)6-8/h7H,2-6H2,1H3. The lowest BCUT2D eigenvalue weighted by Gasteiger charge is -2.32. The predicted molar refractivity (Wildman–Crippen MR) is 49.9 cm³/mol. The lowest BCUT2D eigenvalue weighted by atomic mass is 10.1. The lowest BCUT2D eigenvalue weighted by Crippen LogP contribution is -2.44. The van der Waals surface area contributed by atoms with Gasteiger partial charge in [0.25, 0.3) is 0 Å². The molecule has 1 unspecified atom stereocenters. The molecule has 0 bridgehead atoms. The van der Waals surface area contributed by atoms with E-state index in [1.54, 1.807) is 0 Å². The molecular formula is C7H14ClNO2S. The summed E-state index contributed by atoms with van der Waals surface area (Å²) in [7, 11) is -3.04. The molecule has 3 nitrogen and oxygen atoms in total. The highest BCUT2D eigenvalue weighted by molar-refractivity contribution is 7.88. The molecule has 1 fully saturated rings. The molecular weight excluding hydrogens is 198 g/mol. The summed E-state index contributed by atoms with van der Waals surface area (Å²) in [6.07, 6.45) is 4.19. The van der Waals surface area contributed by atoms with E-state index in [9.17, 15) is 8.42 Å². The number of alkyl halides is 1. The highest BCUT2D eigenvalue weighted by atomic mass is 35.5. The van der Waals surface area contributed by atoms with E-state index >= 15 is 0 Å². The molecule has 0 aromatic heterocycles. The van der Waals surface area contributed by atoms with Crippen LogP contribution in [-0.4, -0.2) is 37.4 Å². The van der Waals surface area contributed by atoms with Crippen molar-refractivity contribution >= 4 is 21.6 Å². The predicted octanol–water partition coefficient (Wildman–Crippen LogP) is 1.04. The second-order valence-corrected chi connectivity index (χ2v) is 5.42. The van der Waals surface area contributed by atoms with E-state index in [-0.39, 0.29) is 6.04 Å². The van der Waals surface area contributed by atoms with Crippen LogP contribution in [0.5, 0.6) is 0 Å². The summed E-state index contributed by atoms with van der Waals surface area (Å²) in [5.41, 5.74) is 0. The number of hydrogen-bond donors (Lipinski definition) is 0. The third-order valence-electron chi connectivity index (χ3n) is 2.18. The van der Waals surface area contributed by atoms with Crippen molar-refractivity contribution in [1.29, 1.82) is 0 Å². The third kappa shape index (κ3) is 2.34. The summed E-state index contributed by atoms with van der Waals surface area (Å²) < 4.78 is 24.0. The first kappa shape index (κ1) is 10.3. The fourth-order valence-electron chi connectivity index (χ4n) is 1.56. The molecule has 1 atom stereocenters. The quantitative estimate of drug-likeness (QED) is 0.641. The van der Waals surface area contributed by atoms with Gasteiger partial charge in [0.2, 0.25) is 10.0 Å². The molecule has 0 N–H and O–H groups in total. The van der Waals surface area contributed by atoms with Crippen molar-refractivity contribution in [1.82, 2.24) is 4.31 Å². The average Bonchev–Trinajstić information content (AvgIpc) is 2.03. The van der Waals surface area contributed by atoms with Crippen molar-refractivity contribution in [2.75, 3.05) is 18.7 Å². The Morgan fingerprint density at radius 2 is 2.17 bits per heavy atom. The first-order valence-corrected chi connectivity index (χ1v) is 6.47. The van der Waals surface area contributed by atoms with E-state index in [1.807, 2.05) is 0 Å². The van der Waals surface area contributed by atoms with Gasteiger partial charge in [0, 0.05) is 18.5 Å². The Hall–Kier alpha value is 0.200. The molecule has 0 aliphatic carbocycles. The summed E-state index contributed by atoms with van der Waals surface area (Å²) >= 11 is 5.68. The summed E-state index contributed by atoms with van der Waals surface area (Å²) in [6.45, 7) is 0.635. The van der Waals surface area contributed by atoms with E-state index in [0.29, 0.717) is 12.4 Å². The van der Waals surface area contributed by atoms with E-state index in [0.717, 1.165) is 19.3 Å². The van der Waals surface area contributed by atoms with Crippen LogP contribution in [0.4, 0.5) is 0 Å². The van der Waals surface area contributed by atoms with Gasteiger partial charge in [0.1, 0.15) is 0 Å². The minimum Gasteiger partial charge on any atom is -0.212 e. The summed E-state index contributed by atoms with van der Waals surface area (Å²) in [5.74, 6) is 0.410. The number of hydrogen-bond acceptors (Lipinski definition) is 2. The molecule has 72 valence electrons. The SMILES string of the molecule is CS(=O)(=O)N1CCCCC1CCl. The smallest absolute Gasteiger partial charge is 0.211 e. The molecule has 1 aliphatic heterocycles. The van der Waals surface area contributed by atoms with Crippen LogP contribution in [0, 0.1) is 0 Å². The van der Waals surface area contributed by atoms with Crippen LogP contribution >= 0.6 is 11.6 Å². The van der Waals surface area contributed by atoms with Gasteiger partial charge in [-0.25, -0.2) is 8.42 Å². The normalized spacial score (nSPS) is 27.3. The number of rotatable bonds is 2. The van der Waals surface area contributed by atoms with Crippen LogP contribution in [0.2, 0.25) is 0 Å². The van der Waals surface area contributed by atoms with Gasteiger partial charge in [-0.2, -0.15) is 4.31 Å². The van der Waals surface area contributed by atoms with Gasteiger partial charge in [-0.15, -0.1) is 11.6 Å². The fraction of sp³-hybridized carbons (Fsp3) is 1.00.